The number of anilines is 1. The molecule has 0 fully saturated rings. The van der Waals surface area contributed by atoms with Crippen molar-refractivity contribution in [3.63, 3.8) is 0 Å². The highest BCUT2D eigenvalue weighted by Crippen LogP contribution is 2.22. The van der Waals surface area contributed by atoms with E-state index in [-0.39, 0.29) is 0 Å². The lowest BCUT2D eigenvalue weighted by molar-refractivity contribution is 0.768. The largest absolute Gasteiger partial charge is 0.370 e. The Morgan fingerprint density at radius 2 is 2.11 bits per heavy atom. The number of aromatic nitrogens is 6. The van der Waals surface area contributed by atoms with Crippen molar-refractivity contribution < 1.29 is 0 Å². The number of rotatable bonds is 4. The van der Waals surface area contributed by atoms with Crippen molar-refractivity contribution in [2.24, 2.45) is 7.05 Å². The Kier molecular flexibility index (Phi) is 5.51. The molecule has 0 radical (unpaired) electrons. The molecule has 0 atom stereocenters. The maximum absolute atomic E-state index is 4.38. The monoisotopic (exact) mass is 361 g/mol. The van der Waals surface area contributed by atoms with Crippen LogP contribution in [0.5, 0.6) is 0 Å². The topological polar surface area (TPSA) is 75.8 Å². The molecule has 0 spiro atoms. The number of nitrogens with one attached hydrogen (secondary N) is 2. The van der Waals surface area contributed by atoms with Gasteiger partial charge in [0.2, 0.25) is 0 Å². The third-order valence-corrected chi connectivity index (χ3v) is 4.03. The molecule has 0 aromatic carbocycles. The average Bonchev–Trinajstić information content (AvgIpc) is 3.41. The normalized spacial score (nSPS) is 10.8. The number of aromatic amines is 1. The summed E-state index contributed by atoms with van der Waals surface area (Å²) in [6.07, 6.45) is 17.0. The summed E-state index contributed by atoms with van der Waals surface area (Å²) in [5.41, 5.74) is 5.13. The number of hydrogen-bond acceptors (Lipinski definition) is 4. The van der Waals surface area contributed by atoms with Gasteiger partial charge in [-0.1, -0.05) is 18.7 Å². The van der Waals surface area contributed by atoms with Crippen molar-refractivity contribution >= 4 is 23.6 Å². The maximum atomic E-state index is 4.38. The summed E-state index contributed by atoms with van der Waals surface area (Å²) < 4.78 is 3.77. The van der Waals surface area contributed by atoms with Crippen LogP contribution in [0.2, 0.25) is 0 Å². The zero-order chi connectivity index (χ0) is 19.2. The Labute approximate surface area is 158 Å². The summed E-state index contributed by atoms with van der Waals surface area (Å²) in [5, 5.41) is 7.19. The first-order chi connectivity index (χ1) is 13.2. The van der Waals surface area contributed by atoms with Crippen LogP contribution < -0.4 is 5.32 Å². The van der Waals surface area contributed by atoms with E-state index in [1.165, 1.54) is 0 Å². The predicted molar refractivity (Wildman–Crippen MR) is 110 cm³/mol. The van der Waals surface area contributed by atoms with Gasteiger partial charge in [-0.3, -0.25) is 9.08 Å². The Morgan fingerprint density at radius 1 is 1.26 bits per heavy atom. The van der Waals surface area contributed by atoms with E-state index in [9.17, 15) is 0 Å². The van der Waals surface area contributed by atoms with Gasteiger partial charge in [0.15, 0.2) is 11.5 Å². The second-order valence-corrected chi connectivity index (χ2v) is 5.82. The molecule has 0 bridgehead atoms. The molecule has 138 valence electrons. The minimum atomic E-state index is 0.766. The number of fused-ring (bicyclic) bond motifs is 1. The van der Waals surface area contributed by atoms with Crippen LogP contribution in [0.3, 0.4) is 0 Å². The van der Waals surface area contributed by atoms with Crippen LogP contribution in [0.1, 0.15) is 18.2 Å². The summed E-state index contributed by atoms with van der Waals surface area (Å²) in [6, 6.07) is 2.00. The van der Waals surface area contributed by atoms with E-state index in [2.05, 4.69) is 31.9 Å². The fourth-order valence-corrected chi connectivity index (χ4v) is 2.75. The first kappa shape index (κ1) is 18.2. The fraction of sp³-hybridized carbons (Fsp3) is 0.150. The minimum Gasteiger partial charge on any atom is -0.370 e. The lowest BCUT2D eigenvalue weighted by atomic mass is 10.2. The highest BCUT2D eigenvalue weighted by atomic mass is 15.2. The number of H-pyrrole nitrogens is 1. The van der Waals surface area contributed by atoms with Gasteiger partial charge in [-0.2, -0.15) is 5.10 Å². The molecule has 0 saturated carbocycles. The zero-order valence-corrected chi connectivity index (χ0v) is 15.7. The van der Waals surface area contributed by atoms with Gasteiger partial charge in [0.05, 0.1) is 18.1 Å². The minimum absolute atomic E-state index is 0.766. The number of aryl methyl sites for hydroxylation is 1. The predicted octanol–water partition coefficient (Wildman–Crippen LogP) is 3.86. The lowest BCUT2D eigenvalue weighted by Crippen LogP contribution is -1.97. The molecule has 4 heterocycles. The summed E-state index contributed by atoms with van der Waals surface area (Å²) in [6.45, 7) is 5.69. The Bertz CT molecular complexity index is 1070. The number of nitrogens with zero attached hydrogens (tertiary/aromatic N) is 5. The van der Waals surface area contributed by atoms with Crippen molar-refractivity contribution in [1.82, 2.24) is 29.1 Å². The molecule has 0 unspecified atom stereocenters. The smallest absolute Gasteiger partial charge is 0.180 e. The van der Waals surface area contributed by atoms with Gasteiger partial charge in [0.25, 0.3) is 0 Å². The zero-order valence-electron chi connectivity index (χ0n) is 15.7. The Morgan fingerprint density at radius 3 is 2.78 bits per heavy atom. The van der Waals surface area contributed by atoms with Crippen LogP contribution in [-0.2, 0) is 7.05 Å². The van der Waals surface area contributed by atoms with Gasteiger partial charge < -0.3 is 10.3 Å². The van der Waals surface area contributed by atoms with Gasteiger partial charge in [-0.15, -0.1) is 0 Å². The molecule has 2 N–H and O–H groups in total. The fourth-order valence-electron chi connectivity index (χ4n) is 2.75. The molecule has 7 nitrogen and oxygen atoms in total. The SMILES string of the molecule is C=Cc1cc[nH]c1/C=C\C.CNc1nccn2c(-c3cnn(C)c3)cnc12. The van der Waals surface area contributed by atoms with E-state index in [1.54, 1.807) is 10.9 Å². The van der Waals surface area contributed by atoms with Crippen LogP contribution in [0.4, 0.5) is 5.82 Å². The van der Waals surface area contributed by atoms with Crippen LogP contribution in [0.15, 0.2) is 55.9 Å². The Balaban J connectivity index is 0.000000180. The molecule has 0 saturated heterocycles. The molecule has 4 aromatic rings. The second-order valence-electron chi connectivity index (χ2n) is 5.82. The van der Waals surface area contributed by atoms with E-state index in [1.807, 2.05) is 80.7 Å². The summed E-state index contributed by atoms with van der Waals surface area (Å²) >= 11 is 0. The standard InChI is InChI=1S/C11H12N6.C9H11N/c1-12-10-11-14-6-9(17(11)4-3-13-10)8-5-15-16(2)7-8;1-3-5-9-8(4-2)6-7-10-9/h3-7H,1-2H3,(H,12,13);3-7,10H,2H2,1H3/b;5-3-. The molecular formula is C20H23N7. The number of imidazole rings is 1. The van der Waals surface area contributed by atoms with Gasteiger partial charge in [-0.25, -0.2) is 9.97 Å². The molecule has 4 aromatic heterocycles. The van der Waals surface area contributed by atoms with E-state index >= 15 is 0 Å². The van der Waals surface area contributed by atoms with E-state index in [0.29, 0.717) is 0 Å². The molecule has 0 aliphatic heterocycles. The summed E-state index contributed by atoms with van der Waals surface area (Å²) in [4.78, 5) is 11.7. The molecule has 0 aliphatic rings. The van der Waals surface area contributed by atoms with E-state index < -0.39 is 0 Å². The van der Waals surface area contributed by atoms with Crippen LogP contribution in [0, 0.1) is 0 Å². The molecule has 0 amide bonds. The molecular weight excluding hydrogens is 338 g/mol. The van der Waals surface area contributed by atoms with Gasteiger partial charge in [0.1, 0.15) is 0 Å². The van der Waals surface area contributed by atoms with Crippen molar-refractivity contribution in [2.75, 3.05) is 12.4 Å². The van der Waals surface area contributed by atoms with Crippen molar-refractivity contribution in [1.29, 1.82) is 0 Å². The molecule has 4 rings (SSSR count). The Hall–Kier alpha value is -3.61. The molecule has 7 heteroatoms. The van der Waals surface area contributed by atoms with Gasteiger partial charge in [0, 0.05) is 50.1 Å². The lowest BCUT2D eigenvalue weighted by Gasteiger charge is -2.02. The quantitative estimate of drug-likeness (QED) is 0.579. The van der Waals surface area contributed by atoms with Crippen LogP contribution in [-0.4, -0.2) is 36.2 Å². The van der Waals surface area contributed by atoms with Crippen LogP contribution >= 0.6 is 0 Å². The summed E-state index contributed by atoms with van der Waals surface area (Å²) in [5.74, 6) is 0.766. The van der Waals surface area contributed by atoms with Crippen molar-refractivity contribution in [2.45, 2.75) is 6.92 Å². The van der Waals surface area contributed by atoms with Gasteiger partial charge >= 0.3 is 0 Å². The summed E-state index contributed by atoms with van der Waals surface area (Å²) in [7, 11) is 3.73. The molecule has 27 heavy (non-hydrogen) atoms. The first-order valence-corrected chi connectivity index (χ1v) is 8.59. The second kappa shape index (κ2) is 8.18. The van der Waals surface area contributed by atoms with Crippen molar-refractivity contribution in [3.05, 3.63) is 67.2 Å². The van der Waals surface area contributed by atoms with Gasteiger partial charge in [-0.05, 0) is 24.6 Å². The third-order valence-electron chi connectivity index (χ3n) is 4.03. The van der Waals surface area contributed by atoms with Crippen LogP contribution in [0.25, 0.3) is 29.1 Å². The number of allylic oxidation sites excluding steroid dienone is 1. The van der Waals surface area contributed by atoms with Crippen molar-refractivity contribution in [3.8, 4) is 11.3 Å². The van der Waals surface area contributed by atoms with E-state index in [0.717, 1.165) is 34.0 Å². The third kappa shape index (κ3) is 3.82. The van der Waals surface area contributed by atoms with E-state index in [4.69, 9.17) is 0 Å². The first-order valence-electron chi connectivity index (χ1n) is 8.59. The average molecular weight is 361 g/mol. The highest BCUT2D eigenvalue weighted by molar-refractivity contribution is 5.69. The highest BCUT2D eigenvalue weighted by Gasteiger charge is 2.10. The maximum Gasteiger partial charge on any atom is 0.180 e. The molecule has 0 aliphatic carbocycles. The number of hydrogen-bond donors (Lipinski definition) is 2.